The summed E-state index contributed by atoms with van der Waals surface area (Å²) in [5.41, 5.74) is 1.42. The number of hydrogen-bond donors (Lipinski definition) is 4. The standard InChI is InChI=1S/C28H37N5O4S/c1-4-19(2)25(32-27(35)24-14-29-18-30-24)16-33(17-26(34)31-23(28(36)37)12-13-38-3)15-21-10-7-9-20-8-5-6-11-22(20)21/h5-11,14,18-19,23,25H,4,12-13,15-17H2,1-3H3,(H,29,30)(H,31,34)(H,32,35)(H,36,37). The minimum Gasteiger partial charge on any atom is -0.480 e. The Morgan fingerprint density at radius 2 is 1.89 bits per heavy atom. The Morgan fingerprint density at radius 3 is 2.58 bits per heavy atom. The second-order valence-electron chi connectivity index (χ2n) is 9.48. The van der Waals surface area contributed by atoms with Crippen molar-refractivity contribution in [3.63, 3.8) is 0 Å². The molecule has 9 nitrogen and oxygen atoms in total. The van der Waals surface area contributed by atoms with Gasteiger partial charge in [-0.05, 0) is 40.7 Å². The number of carbonyl (C=O) groups excluding carboxylic acids is 2. The van der Waals surface area contributed by atoms with Crippen LogP contribution in [0, 0.1) is 5.92 Å². The number of nitrogens with zero attached hydrogens (tertiary/aromatic N) is 2. The molecule has 2 aromatic carbocycles. The van der Waals surface area contributed by atoms with Gasteiger partial charge in [0.2, 0.25) is 5.91 Å². The number of aliphatic carboxylic acids is 1. The van der Waals surface area contributed by atoms with E-state index in [2.05, 4.69) is 40.5 Å². The zero-order chi connectivity index (χ0) is 27.5. The molecule has 0 saturated carbocycles. The summed E-state index contributed by atoms with van der Waals surface area (Å²) in [5.74, 6) is -0.898. The minimum atomic E-state index is -1.04. The Hall–Kier alpha value is -3.37. The number of rotatable bonds is 15. The molecule has 2 amide bonds. The van der Waals surface area contributed by atoms with E-state index >= 15 is 0 Å². The van der Waals surface area contributed by atoms with Crippen LogP contribution in [0.1, 0.15) is 42.7 Å². The molecule has 3 aromatic rings. The maximum Gasteiger partial charge on any atom is 0.326 e. The topological polar surface area (TPSA) is 127 Å². The number of hydrogen-bond acceptors (Lipinski definition) is 6. The van der Waals surface area contributed by atoms with Gasteiger partial charge >= 0.3 is 5.97 Å². The molecular weight excluding hydrogens is 502 g/mol. The van der Waals surface area contributed by atoms with E-state index in [-0.39, 0.29) is 30.3 Å². The van der Waals surface area contributed by atoms with Crippen LogP contribution in [0.4, 0.5) is 0 Å². The van der Waals surface area contributed by atoms with Crippen LogP contribution in [-0.2, 0) is 16.1 Å². The molecular formula is C28H37N5O4S. The van der Waals surface area contributed by atoms with E-state index in [0.717, 1.165) is 22.8 Å². The van der Waals surface area contributed by atoms with Gasteiger partial charge in [-0.2, -0.15) is 11.8 Å². The molecule has 0 saturated heterocycles. The highest BCUT2D eigenvalue weighted by Crippen LogP contribution is 2.21. The van der Waals surface area contributed by atoms with Crippen molar-refractivity contribution in [2.45, 2.75) is 45.3 Å². The number of fused-ring (bicyclic) bond motifs is 1. The zero-order valence-electron chi connectivity index (χ0n) is 22.1. The maximum absolute atomic E-state index is 13.1. The summed E-state index contributed by atoms with van der Waals surface area (Å²) in [6, 6.07) is 13.0. The molecule has 0 aliphatic heterocycles. The van der Waals surface area contributed by atoms with Gasteiger partial charge in [-0.15, -0.1) is 0 Å². The molecule has 4 N–H and O–H groups in total. The maximum atomic E-state index is 13.1. The number of carboxylic acid groups (broad SMARTS) is 1. The predicted molar refractivity (Wildman–Crippen MR) is 151 cm³/mol. The fourth-order valence-electron chi connectivity index (χ4n) is 4.35. The van der Waals surface area contributed by atoms with E-state index in [9.17, 15) is 19.5 Å². The van der Waals surface area contributed by atoms with Crippen molar-refractivity contribution in [3.05, 3.63) is 66.2 Å². The largest absolute Gasteiger partial charge is 0.480 e. The SMILES string of the molecule is CCC(C)C(CN(CC(=O)NC(CCSC)C(=O)O)Cc1cccc2ccccc12)NC(=O)c1cnc[nH]1. The van der Waals surface area contributed by atoms with Gasteiger partial charge in [-0.3, -0.25) is 14.5 Å². The van der Waals surface area contributed by atoms with Crippen LogP contribution >= 0.6 is 11.8 Å². The molecule has 1 heterocycles. The molecule has 3 unspecified atom stereocenters. The van der Waals surface area contributed by atoms with Crippen LogP contribution in [0.2, 0.25) is 0 Å². The van der Waals surface area contributed by atoms with E-state index in [0.29, 0.717) is 31.0 Å². The summed E-state index contributed by atoms with van der Waals surface area (Å²) in [6.45, 7) is 5.00. The van der Waals surface area contributed by atoms with Crippen molar-refractivity contribution < 1.29 is 19.5 Å². The number of H-pyrrole nitrogens is 1. The van der Waals surface area contributed by atoms with E-state index in [1.165, 1.54) is 24.3 Å². The summed E-state index contributed by atoms with van der Waals surface area (Å²) in [4.78, 5) is 46.4. The van der Waals surface area contributed by atoms with E-state index in [1.807, 2.05) is 47.6 Å². The van der Waals surface area contributed by atoms with Gasteiger partial charge < -0.3 is 20.7 Å². The van der Waals surface area contributed by atoms with Crippen molar-refractivity contribution in [2.24, 2.45) is 5.92 Å². The highest BCUT2D eigenvalue weighted by atomic mass is 32.2. The third kappa shape index (κ3) is 8.32. The van der Waals surface area contributed by atoms with Gasteiger partial charge in [-0.25, -0.2) is 9.78 Å². The van der Waals surface area contributed by atoms with E-state index < -0.39 is 12.0 Å². The van der Waals surface area contributed by atoms with Crippen LogP contribution in [-0.4, -0.2) is 74.9 Å². The fourth-order valence-corrected chi connectivity index (χ4v) is 4.82. The first-order chi connectivity index (χ1) is 18.3. The average Bonchev–Trinajstić information content (AvgIpc) is 3.45. The first-order valence-electron chi connectivity index (χ1n) is 12.8. The molecule has 0 aliphatic rings. The second kappa shape index (κ2) is 14.5. The number of thioether (sulfide) groups is 1. The van der Waals surface area contributed by atoms with E-state index in [1.54, 1.807) is 0 Å². The van der Waals surface area contributed by atoms with Crippen molar-refractivity contribution in [1.29, 1.82) is 0 Å². The summed E-state index contributed by atoms with van der Waals surface area (Å²) in [7, 11) is 0. The summed E-state index contributed by atoms with van der Waals surface area (Å²) < 4.78 is 0. The number of benzene rings is 2. The molecule has 38 heavy (non-hydrogen) atoms. The fraction of sp³-hybridized carbons (Fsp3) is 0.429. The Bertz CT molecular complexity index is 1200. The third-order valence-electron chi connectivity index (χ3n) is 6.73. The molecule has 3 rings (SSSR count). The molecule has 0 spiro atoms. The Kier molecular flexibility index (Phi) is 11.2. The first kappa shape index (κ1) is 29.2. The van der Waals surface area contributed by atoms with Crippen LogP contribution in [0.25, 0.3) is 10.8 Å². The first-order valence-corrected chi connectivity index (χ1v) is 14.2. The number of amides is 2. The van der Waals surface area contributed by atoms with Crippen molar-refractivity contribution >= 4 is 40.3 Å². The van der Waals surface area contributed by atoms with Gasteiger partial charge in [0.25, 0.3) is 5.91 Å². The van der Waals surface area contributed by atoms with Gasteiger partial charge in [0.05, 0.1) is 19.1 Å². The third-order valence-corrected chi connectivity index (χ3v) is 7.37. The van der Waals surface area contributed by atoms with Gasteiger partial charge in [0, 0.05) is 19.1 Å². The smallest absolute Gasteiger partial charge is 0.326 e. The van der Waals surface area contributed by atoms with Crippen molar-refractivity contribution in [1.82, 2.24) is 25.5 Å². The van der Waals surface area contributed by atoms with Gasteiger partial charge in [-0.1, -0.05) is 62.7 Å². The van der Waals surface area contributed by atoms with Crippen LogP contribution in [0.5, 0.6) is 0 Å². The molecule has 3 atom stereocenters. The molecule has 204 valence electrons. The molecule has 0 aliphatic carbocycles. The highest BCUT2D eigenvalue weighted by molar-refractivity contribution is 7.98. The summed E-state index contributed by atoms with van der Waals surface area (Å²) in [5, 5.41) is 17.6. The van der Waals surface area contributed by atoms with Crippen molar-refractivity contribution in [2.75, 3.05) is 25.1 Å². The lowest BCUT2D eigenvalue weighted by molar-refractivity contribution is -0.142. The predicted octanol–water partition coefficient (Wildman–Crippen LogP) is 3.53. The number of carbonyl (C=O) groups is 3. The van der Waals surface area contributed by atoms with Crippen LogP contribution in [0.15, 0.2) is 55.0 Å². The van der Waals surface area contributed by atoms with E-state index in [4.69, 9.17) is 0 Å². The number of imidazole rings is 1. The molecule has 0 fully saturated rings. The number of aromatic amines is 1. The number of aromatic nitrogens is 2. The number of nitrogens with one attached hydrogen (secondary N) is 3. The Balaban J connectivity index is 1.84. The quantitative estimate of drug-likeness (QED) is 0.233. The Labute approximate surface area is 227 Å². The lowest BCUT2D eigenvalue weighted by atomic mass is 9.97. The molecule has 1 aromatic heterocycles. The van der Waals surface area contributed by atoms with Gasteiger partial charge in [0.1, 0.15) is 11.7 Å². The van der Waals surface area contributed by atoms with Crippen molar-refractivity contribution in [3.8, 4) is 0 Å². The monoisotopic (exact) mass is 539 g/mol. The molecule has 0 radical (unpaired) electrons. The zero-order valence-corrected chi connectivity index (χ0v) is 23.0. The highest BCUT2D eigenvalue weighted by Gasteiger charge is 2.26. The average molecular weight is 540 g/mol. The summed E-state index contributed by atoms with van der Waals surface area (Å²) in [6.07, 6.45) is 6.02. The Morgan fingerprint density at radius 1 is 1.13 bits per heavy atom. The van der Waals surface area contributed by atoms with Crippen LogP contribution < -0.4 is 10.6 Å². The van der Waals surface area contributed by atoms with Crippen LogP contribution in [0.3, 0.4) is 0 Å². The summed E-state index contributed by atoms with van der Waals surface area (Å²) >= 11 is 1.54. The normalized spacial score (nSPS) is 13.7. The second-order valence-corrected chi connectivity index (χ2v) is 10.5. The minimum absolute atomic E-state index is 0.000862. The lowest BCUT2D eigenvalue weighted by Gasteiger charge is -2.31. The molecule has 10 heteroatoms. The number of carboxylic acids is 1. The lowest BCUT2D eigenvalue weighted by Crippen LogP contribution is -2.51. The van der Waals surface area contributed by atoms with Gasteiger partial charge in [0.15, 0.2) is 0 Å². The molecule has 0 bridgehead atoms.